The molecule has 0 N–H and O–H groups in total. The summed E-state index contributed by atoms with van der Waals surface area (Å²) in [4.78, 5) is 12.1. The van der Waals surface area contributed by atoms with Crippen LogP contribution in [-0.4, -0.2) is 12.5 Å². The van der Waals surface area contributed by atoms with Crippen LogP contribution in [0.4, 0.5) is 4.39 Å². The minimum Gasteiger partial charge on any atom is -0.294 e. The normalized spacial score (nSPS) is 12.1. The van der Waals surface area contributed by atoms with Crippen molar-refractivity contribution in [3.63, 3.8) is 0 Å². The summed E-state index contributed by atoms with van der Waals surface area (Å²) < 4.78 is 13.2. The van der Waals surface area contributed by atoms with Crippen LogP contribution in [0.25, 0.3) is 0 Å². The van der Waals surface area contributed by atoms with Gasteiger partial charge in [0, 0.05) is 22.9 Å². The second-order valence-electron chi connectivity index (χ2n) is 4.40. The Morgan fingerprint density at radius 2 is 1.84 bits per heavy atom. The molecule has 0 spiro atoms. The van der Waals surface area contributed by atoms with Crippen LogP contribution in [-0.2, 0) is 0 Å². The van der Waals surface area contributed by atoms with Crippen LogP contribution < -0.4 is 0 Å². The number of carbonyl (C=O) groups excluding carboxylic acids is 1. The maximum Gasteiger partial charge on any atom is 0.163 e. The second kappa shape index (κ2) is 6.48. The molecule has 2 aromatic rings. The van der Waals surface area contributed by atoms with Gasteiger partial charge in [0.05, 0.1) is 6.67 Å². The summed E-state index contributed by atoms with van der Waals surface area (Å²) in [6.07, 6.45) is 0.154. The third-order valence-electron chi connectivity index (χ3n) is 3.03. The van der Waals surface area contributed by atoms with Crippen LogP contribution in [0.1, 0.15) is 28.3 Å². The van der Waals surface area contributed by atoms with E-state index in [0.717, 1.165) is 5.56 Å². The summed E-state index contributed by atoms with van der Waals surface area (Å²) in [5.74, 6) is -0.491. The highest BCUT2D eigenvalue weighted by molar-refractivity contribution is 6.30. The van der Waals surface area contributed by atoms with Gasteiger partial charge < -0.3 is 0 Å². The summed E-state index contributed by atoms with van der Waals surface area (Å²) in [6.45, 7) is -0.571. The molecule has 1 nitrogen and oxygen atoms in total. The van der Waals surface area contributed by atoms with E-state index in [-0.39, 0.29) is 12.2 Å². The van der Waals surface area contributed by atoms with Gasteiger partial charge in [0.25, 0.3) is 0 Å². The monoisotopic (exact) mass is 276 g/mol. The Hall–Kier alpha value is -1.67. The van der Waals surface area contributed by atoms with Crippen molar-refractivity contribution in [1.82, 2.24) is 0 Å². The van der Waals surface area contributed by atoms with Crippen molar-refractivity contribution in [2.45, 2.75) is 12.3 Å². The molecule has 98 valence electrons. The number of rotatable bonds is 5. The highest BCUT2D eigenvalue weighted by Crippen LogP contribution is 2.24. The Balaban J connectivity index is 2.14. The average Bonchev–Trinajstić information content (AvgIpc) is 2.45. The SMILES string of the molecule is O=C(CC(CF)c1cccc(Cl)c1)c1ccccc1. The van der Waals surface area contributed by atoms with Gasteiger partial charge in [-0.25, -0.2) is 0 Å². The number of halogens is 2. The molecule has 0 fully saturated rings. The predicted octanol–water partition coefficient (Wildman–Crippen LogP) is 4.67. The molecule has 0 saturated heterocycles. The summed E-state index contributed by atoms with van der Waals surface area (Å²) in [5.41, 5.74) is 1.38. The molecule has 19 heavy (non-hydrogen) atoms. The summed E-state index contributed by atoms with van der Waals surface area (Å²) in [5, 5.41) is 0.558. The minimum atomic E-state index is -0.571. The van der Waals surface area contributed by atoms with Crippen LogP contribution in [0, 0.1) is 0 Å². The third-order valence-corrected chi connectivity index (χ3v) is 3.27. The Morgan fingerprint density at radius 1 is 1.11 bits per heavy atom. The van der Waals surface area contributed by atoms with Gasteiger partial charge in [-0.15, -0.1) is 0 Å². The topological polar surface area (TPSA) is 17.1 Å². The molecule has 0 aromatic heterocycles. The van der Waals surface area contributed by atoms with Gasteiger partial charge in [-0.3, -0.25) is 9.18 Å². The van der Waals surface area contributed by atoms with Gasteiger partial charge >= 0.3 is 0 Å². The lowest BCUT2D eigenvalue weighted by Crippen LogP contribution is -2.09. The summed E-state index contributed by atoms with van der Waals surface area (Å²) in [6, 6.07) is 16.0. The first-order chi connectivity index (χ1) is 9.20. The Bertz CT molecular complexity index is 554. The van der Waals surface area contributed by atoms with Crippen molar-refractivity contribution in [2.24, 2.45) is 0 Å². The zero-order valence-corrected chi connectivity index (χ0v) is 11.1. The lowest BCUT2D eigenvalue weighted by Gasteiger charge is -2.13. The van der Waals surface area contributed by atoms with Crippen LogP contribution in [0.15, 0.2) is 54.6 Å². The van der Waals surface area contributed by atoms with Gasteiger partial charge in [-0.1, -0.05) is 54.1 Å². The minimum absolute atomic E-state index is 0.0526. The average molecular weight is 277 g/mol. The lowest BCUT2D eigenvalue weighted by atomic mass is 9.93. The molecule has 2 rings (SSSR count). The molecule has 0 saturated carbocycles. The number of Topliss-reactive ketones (excluding diaryl/α,β-unsaturated/α-hetero) is 1. The largest absolute Gasteiger partial charge is 0.294 e. The third kappa shape index (κ3) is 3.65. The number of carbonyl (C=O) groups is 1. The number of ketones is 1. The number of hydrogen-bond donors (Lipinski definition) is 0. The van der Waals surface area contributed by atoms with E-state index in [1.165, 1.54) is 0 Å². The van der Waals surface area contributed by atoms with Crippen LogP contribution in [0.3, 0.4) is 0 Å². The van der Waals surface area contributed by atoms with Crippen molar-refractivity contribution >= 4 is 17.4 Å². The highest BCUT2D eigenvalue weighted by atomic mass is 35.5. The van der Waals surface area contributed by atoms with Gasteiger partial charge in [0.2, 0.25) is 0 Å². The molecule has 1 atom stereocenters. The van der Waals surface area contributed by atoms with E-state index < -0.39 is 12.6 Å². The van der Waals surface area contributed by atoms with Crippen LogP contribution in [0.2, 0.25) is 5.02 Å². The van der Waals surface area contributed by atoms with Crippen molar-refractivity contribution in [1.29, 1.82) is 0 Å². The maximum absolute atomic E-state index is 13.2. The van der Waals surface area contributed by atoms with E-state index in [4.69, 9.17) is 11.6 Å². The molecule has 1 unspecified atom stereocenters. The van der Waals surface area contributed by atoms with Gasteiger partial charge in [-0.05, 0) is 17.7 Å². The molecule has 2 aromatic carbocycles. The molecule has 0 radical (unpaired) electrons. The van der Waals surface area contributed by atoms with E-state index in [9.17, 15) is 9.18 Å². The van der Waals surface area contributed by atoms with Crippen molar-refractivity contribution < 1.29 is 9.18 Å². The smallest absolute Gasteiger partial charge is 0.163 e. The highest BCUT2D eigenvalue weighted by Gasteiger charge is 2.17. The van der Waals surface area contributed by atoms with Gasteiger partial charge in [0.15, 0.2) is 5.78 Å². The Morgan fingerprint density at radius 3 is 2.47 bits per heavy atom. The molecule has 0 aliphatic heterocycles. The van der Waals surface area contributed by atoms with E-state index >= 15 is 0 Å². The van der Waals surface area contributed by atoms with Crippen molar-refractivity contribution in [3.8, 4) is 0 Å². The Labute approximate surface area is 117 Å². The maximum atomic E-state index is 13.2. The molecule has 0 bridgehead atoms. The summed E-state index contributed by atoms with van der Waals surface area (Å²) in [7, 11) is 0. The first-order valence-corrected chi connectivity index (χ1v) is 6.48. The second-order valence-corrected chi connectivity index (χ2v) is 4.84. The molecule has 0 aliphatic rings. The molecular weight excluding hydrogens is 263 g/mol. The first kappa shape index (κ1) is 13.8. The predicted molar refractivity (Wildman–Crippen MR) is 75.6 cm³/mol. The van der Waals surface area contributed by atoms with Crippen LogP contribution in [0.5, 0.6) is 0 Å². The number of benzene rings is 2. The summed E-state index contributed by atoms with van der Waals surface area (Å²) >= 11 is 5.89. The van der Waals surface area contributed by atoms with E-state index in [1.807, 2.05) is 6.07 Å². The fourth-order valence-electron chi connectivity index (χ4n) is 1.99. The fraction of sp³-hybridized carbons (Fsp3) is 0.188. The van der Waals surface area contributed by atoms with Crippen molar-refractivity contribution in [2.75, 3.05) is 6.67 Å². The molecule has 3 heteroatoms. The zero-order valence-electron chi connectivity index (χ0n) is 10.4. The number of alkyl halides is 1. The first-order valence-electron chi connectivity index (χ1n) is 6.10. The lowest BCUT2D eigenvalue weighted by molar-refractivity contribution is 0.0969. The molecule has 0 amide bonds. The molecular formula is C16H14ClFO. The van der Waals surface area contributed by atoms with E-state index in [2.05, 4.69) is 0 Å². The fourth-order valence-corrected chi connectivity index (χ4v) is 2.19. The van der Waals surface area contributed by atoms with E-state index in [1.54, 1.807) is 48.5 Å². The number of hydrogen-bond acceptors (Lipinski definition) is 1. The molecule has 0 aliphatic carbocycles. The van der Waals surface area contributed by atoms with Crippen LogP contribution >= 0.6 is 11.6 Å². The molecule has 0 heterocycles. The van der Waals surface area contributed by atoms with Gasteiger partial charge in [-0.2, -0.15) is 0 Å². The van der Waals surface area contributed by atoms with Crippen molar-refractivity contribution in [3.05, 3.63) is 70.7 Å². The standard InChI is InChI=1S/C16H14ClFO/c17-15-8-4-7-13(9-15)14(11-18)10-16(19)12-5-2-1-3-6-12/h1-9,14H,10-11H2. The van der Waals surface area contributed by atoms with E-state index in [0.29, 0.717) is 10.6 Å². The van der Waals surface area contributed by atoms with Gasteiger partial charge in [0.1, 0.15) is 0 Å². The zero-order chi connectivity index (χ0) is 13.7. The Kier molecular flexibility index (Phi) is 4.69. The quantitative estimate of drug-likeness (QED) is 0.726.